The molecule has 0 bridgehead atoms. The van der Waals surface area contributed by atoms with E-state index in [0.717, 1.165) is 34.0 Å². The summed E-state index contributed by atoms with van der Waals surface area (Å²) >= 11 is 0. The molecule has 0 amide bonds. The lowest BCUT2D eigenvalue weighted by molar-refractivity contribution is -0.131. The quantitative estimate of drug-likeness (QED) is 0.845. The molecule has 0 aliphatic heterocycles. The van der Waals surface area contributed by atoms with Gasteiger partial charge in [-0.2, -0.15) is 0 Å². The highest BCUT2D eigenvalue weighted by molar-refractivity contribution is 5.91. The summed E-state index contributed by atoms with van der Waals surface area (Å²) in [6.07, 6.45) is 2.77. The molecule has 2 rings (SSSR count). The number of benzene rings is 1. The third-order valence-corrected chi connectivity index (χ3v) is 3.10. The number of aliphatic carboxylic acids is 1. The van der Waals surface area contributed by atoms with E-state index in [4.69, 9.17) is 9.84 Å². The van der Waals surface area contributed by atoms with Crippen LogP contribution in [0.3, 0.4) is 0 Å². The summed E-state index contributed by atoms with van der Waals surface area (Å²) in [5.41, 5.74) is 2.99. The Kier molecular flexibility index (Phi) is 3.10. The van der Waals surface area contributed by atoms with Gasteiger partial charge in [0, 0.05) is 29.7 Å². The maximum atomic E-state index is 10.6. The molecule has 0 saturated heterocycles. The minimum absolute atomic E-state index is 0.796. The SMILES string of the molecule is COc1ccc2c(c1)c(C)c(/C=C/C(=O)O)n2C. The summed E-state index contributed by atoms with van der Waals surface area (Å²) in [6, 6.07) is 5.83. The lowest BCUT2D eigenvalue weighted by Crippen LogP contribution is -1.93. The van der Waals surface area contributed by atoms with E-state index in [2.05, 4.69) is 0 Å². The third kappa shape index (κ3) is 1.97. The van der Waals surface area contributed by atoms with E-state index < -0.39 is 5.97 Å². The fraction of sp³-hybridized carbons (Fsp3) is 0.214. The molecule has 2 aromatic rings. The normalized spacial score (nSPS) is 11.3. The topological polar surface area (TPSA) is 51.5 Å². The second-order valence-corrected chi connectivity index (χ2v) is 4.12. The van der Waals surface area contributed by atoms with Crippen LogP contribution in [0.2, 0.25) is 0 Å². The first-order chi connectivity index (χ1) is 8.54. The van der Waals surface area contributed by atoms with E-state index in [1.54, 1.807) is 13.2 Å². The highest BCUT2D eigenvalue weighted by atomic mass is 16.5. The minimum atomic E-state index is -0.947. The monoisotopic (exact) mass is 245 g/mol. The molecule has 0 radical (unpaired) electrons. The van der Waals surface area contributed by atoms with Crippen molar-refractivity contribution in [3.05, 3.63) is 35.5 Å². The molecule has 0 unspecified atom stereocenters. The van der Waals surface area contributed by atoms with Crippen LogP contribution in [0.4, 0.5) is 0 Å². The Morgan fingerprint density at radius 2 is 2.17 bits per heavy atom. The fourth-order valence-electron chi connectivity index (χ4n) is 2.14. The molecule has 4 nitrogen and oxygen atoms in total. The van der Waals surface area contributed by atoms with E-state index in [9.17, 15) is 4.79 Å². The van der Waals surface area contributed by atoms with Gasteiger partial charge in [0.05, 0.1) is 7.11 Å². The third-order valence-electron chi connectivity index (χ3n) is 3.10. The standard InChI is InChI=1S/C14H15NO3/c1-9-11-8-10(18-3)4-5-13(11)15(2)12(9)6-7-14(16)17/h4-8H,1-3H3,(H,16,17)/b7-6+. The number of ether oxygens (including phenoxy) is 1. The number of aryl methyl sites for hydroxylation is 2. The summed E-state index contributed by atoms with van der Waals surface area (Å²) in [5.74, 6) is -0.151. The van der Waals surface area contributed by atoms with E-state index in [-0.39, 0.29) is 0 Å². The maximum Gasteiger partial charge on any atom is 0.328 e. The summed E-state index contributed by atoms with van der Waals surface area (Å²) in [6.45, 7) is 1.98. The van der Waals surface area contributed by atoms with Crippen LogP contribution in [0, 0.1) is 6.92 Å². The van der Waals surface area contributed by atoms with Gasteiger partial charge in [-0.1, -0.05) is 0 Å². The zero-order valence-corrected chi connectivity index (χ0v) is 10.6. The molecule has 1 aromatic heterocycles. The Hall–Kier alpha value is -2.23. The van der Waals surface area contributed by atoms with E-state index in [1.165, 1.54) is 0 Å². The number of nitrogens with zero attached hydrogens (tertiary/aromatic N) is 1. The molecule has 1 aromatic carbocycles. The second kappa shape index (κ2) is 4.56. The van der Waals surface area contributed by atoms with Gasteiger partial charge < -0.3 is 14.4 Å². The van der Waals surface area contributed by atoms with Crippen molar-refractivity contribution in [2.75, 3.05) is 7.11 Å². The molecule has 18 heavy (non-hydrogen) atoms. The van der Waals surface area contributed by atoms with E-state index in [1.807, 2.05) is 36.7 Å². The van der Waals surface area contributed by atoms with Crippen LogP contribution in [0.5, 0.6) is 5.75 Å². The van der Waals surface area contributed by atoms with E-state index >= 15 is 0 Å². The Morgan fingerprint density at radius 3 is 2.78 bits per heavy atom. The van der Waals surface area contributed by atoms with Gasteiger partial charge in [-0.15, -0.1) is 0 Å². The number of carboxylic acids is 1. The lowest BCUT2D eigenvalue weighted by Gasteiger charge is -2.01. The second-order valence-electron chi connectivity index (χ2n) is 4.12. The van der Waals surface area contributed by atoms with E-state index in [0.29, 0.717) is 0 Å². The lowest BCUT2D eigenvalue weighted by atomic mass is 10.1. The molecule has 4 heteroatoms. The first kappa shape index (κ1) is 12.2. The van der Waals surface area contributed by atoms with Crippen LogP contribution in [0.1, 0.15) is 11.3 Å². The number of rotatable bonds is 3. The molecule has 1 heterocycles. The number of carbonyl (C=O) groups is 1. The highest BCUT2D eigenvalue weighted by Gasteiger charge is 2.10. The van der Waals surface area contributed by atoms with Gasteiger partial charge in [0.15, 0.2) is 0 Å². The number of hydrogen-bond donors (Lipinski definition) is 1. The van der Waals surface area contributed by atoms with Gasteiger partial charge in [-0.05, 0) is 36.8 Å². The van der Waals surface area contributed by atoms with Crippen LogP contribution in [-0.2, 0) is 11.8 Å². The number of methoxy groups -OCH3 is 1. The highest BCUT2D eigenvalue weighted by Crippen LogP contribution is 2.28. The first-order valence-corrected chi connectivity index (χ1v) is 5.58. The average Bonchev–Trinajstić information content (AvgIpc) is 2.59. The Morgan fingerprint density at radius 1 is 1.44 bits per heavy atom. The summed E-state index contributed by atoms with van der Waals surface area (Å²) in [4.78, 5) is 10.6. The van der Waals surface area contributed by atoms with Crippen molar-refractivity contribution in [1.29, 1.82) is 0 Å². The predicted octanol–water partition coefficient (Wildman–Crippen LogP) is 2.59. The summed E-state index contributed by atoms with van der Waals surface area (Å²) in [7, 11) is 3.55. The average molecular weight is 245 g/mol. The van der Waals surface area contributed by atoms with Crippen molar-refractivity contribution in [2.45, 2.75) is 6.92 Å². The molecule has 94 valence electrons. The summed E-state index contributed by atoms with van der Waals surface area (Å²) in [5, 5.41) is 9.77. The molecule has 0 spiro atoms. The Balaban J connectivity index is 2.65. The van der Waals surface area contributed by atoms with Crippen LogP contribution in [0.15, 0.2) is 24.3 Å². The van der Waals surface area contributed by atoms with Crippen LogP contribution >= 0.6 is 0 Å². The van der Waals surface area contributed by atoms with Crippen molar-refractivity contribution >= 4 is 22.9 Å². The molecule has 0 fully saturated rings. The molecular formula is C14H15NO3. The van der Waals surface area contributed by atoms with Crippen molar-refractivity contribution in [3.63, 3.8) is 0 Å². The molecule has 0 aliphatic rings. The van der Waals surface area contributed by atoms with Gasteiger partial charge >= 0.3 is 5.97 Å². The van der Waals surface area contributed by atoms with Gasteiger partial charge in [0.1, 0.15) is 5.75 Å². The zero-order valence-electron chi connectivity index (χ0n) is 10.6. The first-order valence-electron chi connectivity index (χ1n) is 5.58. The predicted molar refractivity (Wildman–Crippen MR) is 70.9 cm³/mol. The maximum absolute atomic E-state index is 10.6. The van der Waals surface area contributed by atoms with Gasteiger partial charge in [0.2, 0.25) is 0 Å². The van der Waals surface area contributed by atoms with Crippen molar-refractivity contribution < 1.29 is 14.6 Å². The molecule has 0 saturated carbocycles. The Bertz CT molecular complexity index is 638. The smallest absolute Gasteiger partial charge is 0.328 e. The summed E-state index contributed by atoms with van der Waals surface area (Å²) < 4.78 is 7.18. The number of hydrogen-bond acceptors (Lipinski definition) is 2. The molecule has 0 atom stereocenters. The van der Waals surface area contributed by atoms with Gasteiger partial charge in [-0.3, -0.25) is 0 Å². The van der Waals surface area contributed by atoms with Crippen molar-refractivity contribution in [1.82, 2.24) is 4.57 Å². The number of aromatic nitrogens is 1. The Labute approximate surface area is 105 Å². The number of carboxylic acid groups (broad SMARTS) is 1. The molecule has 0 aliphatic carbocycles. The molecule has 1 N–H and O–H groups in total. The largest absolute Gasteiger partial charge is 0.497 e. The van der Waals surface area contributed by atoms with Gasteiger partial charge in [-0.25, -0.2) is 4.79 Å². The minimum Gasteiger partial charge on any atom is -0.497 e. The zero-order chi connectivity index (χ0) is 13.3. The van der Waals surface area contributed by atoms with Crippen molar-refractivity contribution in [3.8, 4) is 5.75 Å². The fourth-order valence-corrected chi connectivity index (χ4v) is 2.14. The van der Waals surface area contributed by atoms with Crippen LogP contribution in [0.25, 0.3) is 17.0 Å². The number of fused-ring (bicyclic) bond motifs is 1. The molecular weight excluding hydrogens is 230 g/mol. The van der Waals surface area contributed by atoms with Crippen LogP contribution < -0.4 is 4.74 Å². The van der Waals surface area contributed by atoms with Crippen molar-refractivity contribution in [2.24, 2.45) is 7.05 Å². The van der Waals surface area contributed by atoms with Gasteiger partial charge in [0.25, 0.3) is 0 Å². The van der Waals surface area contributed by atoms with Crippen LogP contribution in [-0.4, -0.2) is 22.8 Å².